The number of ether oxygens (including phenoxy) is 1. The minimum absolute atomic E-state index is 0.0532. The Morgan fingerprint density at radius 3 is 2.57 bits per heavy atom. The number of Topliss-reactive ketones (excluding diaryl/α,β-unsaturated/α-hetero) is 1. The second kappa shape index (κ2) is 4.32. The van der Waals surface area contributed by atoms with Gasteiger partial charge in [-0.15, -0.1) is 0 Å². The van der Waals surface area contributed by atoms with E-state index in [2.05, 4.69) is 15.9 Å². The summed E-state index contributed by atoms with van der Waals surface area (Å²) in [7, 11) is 1.50. The fourth-order valence-electron chi connectivity index (χ4n) is 1.32. The molecule has 0 spiro atoms. The highest BCUT2D eigenvalue weighted by atomic mass is 79.9. The van der Waals surface area contributed by atoms with Gasteiger partial charge in [0.05, 0.1) is 17.7 Å². The fourth-order valence-corrected chi connectivity index (χ4v) is 2.16. The van der Waals surface area contributed by atoms with Crippen LogP contribution in [0.25, 0.3) is 0 Å². The van der Waals surface area contributed by atoms with Crippen molar-refractivity contribution in [1.29, 1.82) is 0 Å². The molecule has 2 nitrogen and oxygen atoms in total. The lowest BCUT2D eigenvalue weighted by atomic mass is 10.0. The largest absolute Gasteiger partial charge is 0.494 e. The standard InChI is InChI=1S/C10H10BrClO2/c1-5-7(11)4-8(12)10(14-3)9(5)6(2)13/h4H,1-3H3. The van der Waals surface area contributed by atoms with Gasteiger partial charge in [-0.25, -0.2) is 0 Å². The van der Waals surface area contributed by atoms with Crippen molar-refractivity contribution in [2.24, 2.45) is 0 Å². The van der Waals surface area contributed by atoms with Crippen LogP contribution in [0, 0.1) is 6.92 Å². The number of hydrogen-bond acceptors (Lipinski definition) is 2. The first-order valence-electron chi connectivity index (χ1n) is 4.02. The summed E-state index contributed by atoms with van der Waals surface area (Å²) in [6.45, 7) is 3.34. The molecule has 0 unspecified atom stereocenters. The van der Waals surface area contributed by atoms with Crippen molar-refractivity contribution in [3.8, 4) is 5.75 Å². The van der Waals surface area contributed by atoms with Crippen LogP contribution in [0.2, 0.25) is 5.02 Å². The molecule has 0 amide bonds. The third-order valence-electron chi connectivity index (χ3n) is 1.99. The summed E-state index contributed by atoms with van der Waals surface area (Å²) in [4.78, 5) is 11.4. The van der Waals surface area contributed by atoms with Gasteiger partial charge in [0.25, 0.3) is 0 Å². The highest BCUT2D eigenvalue weighted by molar-refractivity contribution is 9.10. The summed E-state index contributed by atoms with van der Waals surface area (Å²) in [5, 5.41) is 0.440. The third-order valence-corrected chi connectivity index (χ3v) is 3.09. The van der Waals surface area contributed by atoms with Gasteiger partial charge >= 0.3 is 0 Å². The number of carbonyl (C=O) groups excluding carboxylic acids is 1. The van der Waals surface area contributed by atoms with E-state index in [0.29, 0.717) is 16.3 Å². The molecule has 0 N–H and O–H groups in total. The van der Waals surface area contributed by atoms with Crippen molar-refractivity contribution in [3.63, 3.8) is 0 Å². The Morgan fingerprint density at radius 1 is 1.57 bits per heavy atom. The summed E-state index contributed by atoms with van der Waals surface area (Å²) in [5.74, 6) is 0.391. The van der Waals surface area contributed by atoms with Crippen LogP contribution in [-0.4, -0.2) is 12.9 Å². The fraction of sp³-hybridized carbons (Fsp3) is 0.300. The number of carbonyl (C=O) groups is 1. The number of ketones is 1. The third kappa shape index (κ3) is 1.93. The summed E-state index contributed by atoms with van der Waals surface area (Å²) < 4.78 is 5.91. The Balaban J connectivity index is 3.56. The van der Waals surface area contributed by atoms with Crippen LogP contribution >= 0.6 is 27.5 Å². The molecule has 0 saturated carbocycles. The summed E-state index contributed by atoms with van der Waals surface area (Å²) >= 11 is 9.28. The Labute approximate surface area is 96.3 Å². The maximum Gasteiger partial charge on any atom is 0.163 e. The number of halogens is 2. The molecule has 0 saturated heterocycles. The minimum Gasteiger partial charge on any atom is -0.494 e. The lowest BCUT2D eigenvalue weighted by Crippen LogP contribution is -2.02. The topological polar surface area (TPSA) is 26.3 Å². The van der Waals surface area contributed by atoms with E-state index in [0.717, 1.165) is 10.0 Å². The first kappa shape index (κ1) is 11.5. The zero-order valence-electron chi connectivity index (χ0n) is 8.15. The SMILES string of the molecule is COc1c(Cl)cc(Br)c(C)c1C(C)=O. The van der Waals surface area contributed by atoms with Crippen molar-refractivity contribution in [2.45, 2.75) is 13.8 Å². The first-order valence-corrected chi connectivity index (χ1v) is 5.19. The minimum atomic E-state index is -0.0532. The van der Waals surface area contributed by atoms with E-state index < -0.39 is 0 Å². The normalized spacial score (nSPS) is 10.1. The van der Waals surface area contributed by atoms with E-state index in [1.54, 1.807) is 6.07 Å². The molecule has 0 heterocycles. The molecular formula is C10H10BrClO2. The molecule has 76 valence electrons. The maximum atomic E-state index is 11.4. The molecule has 0 fully saturated rings. The van der Waals surface area contributed by atoms with Gasteiger partial charge in [0, 0.05) is 4.47 Å². The van der Waals surface area contributed by atoms with Gasteiger partial charge in [-0.2, -0.15) is 0 Å². The molecule has 0 aromatic heterocycles. The van der Waals surface area contributed by atoms with Gasteiger partial charge in [0.15, 0.2) is 5.78 Å². The second-order valence-corrected chi connectivity index (χ2v) is 4.19. The Morgan fingerprint density at radius 2 is 2.14 bits per heavy atom. The predicted octanol–water partition coefficient (Wildman–Crippen LogP) is 3.62. The molecule has 0 aliphatic heterocycles. The van der Waals surface area contributed by atoms with Crippen molar-refractivity contribution in [3.05, 3.63) is 26.7 Å². The highest BCUT2D eigenvalue weighted by Gasteiger charge is 2.17. The average molecular weight is 278 g/mol. The van der Waals surface area contributed by atoms with Gasteiger partial charge in [0.1, 0.15) is 5.75 Å². The van der Waals surface area contributed by atoms with Crippen LogP contribution in [0.1, 0.15) is 22.8 Å². The second-order valence-electron chi connectivity index (χ2n) is 2.93. The monoisotopic (exact) mass is 276 g/mol. The number of hydrogen-bond donors (Lipinski definition) is 0. The summed E-state index contributed by atoms with van der Waals surface area (Å²) in [6.07, 6.45) is 0. The number of benzene rings is 1. The van der Waals surface area contributed by atoms with Crippen LogP contribution in [0.15, 0.2) is 10.5 Å². The summed E-state index contributed by atoms with van der Waals surface area (Å²) in [5.41, 5.74) is 1.38. The van der Waals surface area contributed by atoms with E-state index in [1.165, 1.54) is 14.0 Å². The lowest BCUT2D eigenvalue weighted by Gasteiger charge is -2.12. The van der Waals surface area contributed by atoms with Crippen molar-refractivity contribution < 1.29 is 9.53 Å². The van der Waals surface area contributed by atoms with Gasteiger partial charge in [0.2, 0.25) is 0 Å². The van der Waals surface area contributed by atoms with Gasteiger partial charge in [-0.1, -0.05) is 27.5 Å². The molecule has 1 rings (SSSR count). The van der Waals surface area contributed by atoms with Crippen LogP contribution < -0.4 is 4.74 Å². The predicted molar refractivity (Wildman–Crippen MR) is 60.4 cm³/mol. The van der Waals surface area contributed by atoms with Crippen LogP contribution in [0.3, 0.4) is 0 Å². The molecule has 0 atom stereocenters. The van der Waals surface area contributed by atoms with Crippen molar-refractivity contribution >= 4 is 33.3 Å². The van der Waals surface area contributed by atoms with Gasteiger partial charge in [-0.3, -0.25) is 4.79 Å². The molecule has 0 radical (unpaired) electrons. The van der Waals surface area contributed by atoms with E-state index in [-0.39, 0.29) is 5.78 Å². The maximum absolute atomic E-state index is 11.4. The molecule has 0 bridgehead atoms. The highest BCUT2D eigenvalue weighted by Crippen LogP contribution is 2.35. The van der Waals surface area contributed by atoms with Crippen LogP contribution in [0.4, 0.5) is 0 Å². The Kier molecular flexibility index (Phi) is 3.56. The van der Waals surface area contributed by atoms with E-state index >= 15 is 0 Å². The van der Waals surface area contributed by atoms with Crippen LogP contribution in [-0.2, 0) is 0 Å². The Hall–Kier alpha value is -0.540. The molecule has 1 aromatic rings. The van der Waals surface area contributed by atoms with E-state index in [9.17, 15) is 4.79 Å². The van der Waals surface area contributed by atoms with E-state index in [1.807, 2.05) is 6.92 Å². The molecular weight excluding hydrogens is 267 g/mol. The zero-order chi connectivity index (χ0) is 10.9. The first-order chi connectivity index (χ1) is 6.49. The molecule has 1 aromatic carbocycles. The Bertz CT molecular complexity index is 388. The molecule has 0 aliphatic rings. The number of methoxy groups -OCH3 is 1. The quantitative estimate of drug-likeness (QED) is 0.772. The van der Waals surface area contributed by atoms with Gasteiger partial charge in [-0.05, 0) is 25.5 Å². The number of rotatable bonds is 2. The lowest BCUT2D eigenvalue weighted by molar-refractivity contribution is 0.101. The van der Waals surface area contributed by atoms with Crippen molar-refractivity contribution in [2.75, 3.05) is 7.11 Å². The van der Waals surface area contributed by atoms with Gasteiger partial charge < -0.3 is 4.74 Å². The smallest absolute Gasteiger partial charge is 0.163 e. The summed E-state index contributed by atoms with van der Waals surface area (Å²) in [6, 6.07) is 1.72. The molecule has 4 heteroatoms. The van der Waals surface area contributed by atoms with Crippen LogP contribution in [0.5, 0.6) is 5.75 Å². The van der Waals surface area contributed by atoms with E-state index in [4.69, 9.17) is 16.3 Å². The molecule has 0 aliphatic carbocycles. The van der Waals surface area contributed by atoms with Crippen molar-refractivity contribution in [1.82, 2.24) is 0 Å². The average Bonchev–Trinajstić information content (AvgIpc) is 2.10. The zero-order valence-corrected chi connectivity index (χ0v) is 10.5. The molecule has 14 heavy (non-hydrogen) atoms.